The Morgan fingerprint density at radius 2 is 1.64 bits per heavy atom. The van der Waals surface area contributed by atoms with Crippen molar-refractivity contribution in [3.8, 4) is 5.75 Å². The van der Waals surface area contributed by atoms with Crippen molar-refractivity contribution >= 4 is 46.3 Å². The Morgan fingerprint density at radius 1 is 1.03 bits per heavy atom. The van der Waals surface area contributed by atoms with E-state index in [1.54, 1.807) is 30.3 Å². The summed E-state index contributed by atoms with van der Waals surface area (Å²) >= 11 is 12.4. The largest absolute Gasteiger partial charge is 0.507 e. The molecule has 0 bridgehead atoms. The standard InChI is InChI=1S/C25H18Cl2FNO4/c1-13-7-9-15(10-8-13)29-21(16-5-3-4-6-19(16)28)20(23(31)25(29)32)22(30)14-11-17(26)24(33-2)18(27)12-14/h3-12,21,30H,1-2H3/b22-20+. The number of amides is 1. The molecule has 168 valence electrons. The third kappa shape index (κ3) is 3.96. The van der Waals surface area contributed by atoms with Crippen LogP contribution < -0.4 is 9.64 Å². The van der Waals surface area contributed by atoms with Crippen LogP contribution in [0.3, 0.4) is 0 Å². The number of methoxy groups -OCH3 is 1. The molecule has 0 spiro atoms. The predicted octanol–water partition coefficient (Wildman–Crippen LogP) is 6.08. The fraction of sp³-hybridized carbons (Fsp3) is 0.120. The smallest absolute Gasteiger partial charge is 0.300 e. The topological polar surface area (TPSA) is 66.8 Å². The predicted molar refractivity (Wildman–Crippen MR) is 125 cm³/mol. The number of benzene rings is 3. The van der Waals surface area contributed by atoms with Crippen LogP contribution in [0.4, 0.5) is 10.1 Å². The number of aryl methyl sites for hydroxylation is 1. The molecule has 5 nitrogen and oxygen atoms in total. The van der Waals surface area contributed by atoms with Gasteiger partial charge in [0.05, 0.1) is 28.8 Å². The molecule has 3 aromatic carbocycles. The number of hydrogen-bond donors (Lipinski definition) is 1. The van der Waals surface area contributed by atoms with Crippen molar-refractivity contribution in [2.75, 3.05) is 12.0 Å². The maximum atomic E-state index is 14.9. The maximum Gasteiger partial charge on any atom is 0.300 e. The Balaban J connectivity index is 1.98. The van der Waals surface area contributed by atoms with Crippen molar-refractivity contribution in [2.45, 2.75) is 13.0 Å². The minimum Gasteiger partial charge on any atom is -0.507 e. The summed E-state index contributed by atoms with van der Waals surface area (Å²) in [7, 11) is 1.39. The van der Waals surface area contributed by atoms with E-state index in [0.29, 0.717) is 5.69 Å². The summed E-state index contributed by atoms with van der Waals surface area (Å²) in [5.74, 6) is -2.80. The Morgan fingerprint density at radius 3 is 2.21 bits per heavy atom. The van der Waals surface area contributed by atoms with Crippen LogP contribution >= 0.6 is 23.2 Å². The summed E-state index contributed by atoms with van der Waals surface area (Å²) in [5, 5.41) is 11.3. The Kier molecular flexibility index (Phi) is 6.15. The SMILES string of the molecule is COc1c(Cl)cc(/C(O)=C2\C(=O)C(=O)N(c3ccc(C)cc3)C2c2ccccc2F)cc1Cl. The monoisotopic (exact) mass is 485 g/mol. The van der Waals surface area contributed by atoms with Gasteiger partial charge in [0.25, 0.3) is 11.7 Å². The van der Waals surface area contributed by atoms with E-state index in [1.165, 1.54) is 42.3 Å². The van der Waals surface area contributed by atoms with Crippen LogP contribution in [0.25, 0.3) is 5.76 Å². The van der Waals surface area contributed by atoms with Crippen LogP contribution in [0.5, 0.6) is 5.75 Å². The molecule has 1 aliphatic heterocycles. The number of halogens is 3. The van der Waals surface area contributed by atoms with E-state index in [2.05, 4.69) is 0 Å². The number of anilines is 1. The van der Waals surface area contributed by atoms with E-state index in [-0.39, 0.29) is 32.5 Å². The van der Waals surface area contributed by atoms with E-state index in [1.807, 2.05) is 6.92 Å². The van der Waals surface area contributed by atoms with Crippen molar-refractivity contribution in [1.82, 2.24) is 0 Å². The van der Waals surface area contributed by atoms with Crippen LogP contribution in [0, 0.1) is 12.7 Å². The zero-order valence-electron chi connectivity index (χ0n) is 17.6. The van der Waals surface area contributed by atoms with Gasteiger partial charge in [0, 0.05) is 16.8 Å². The van der Waals surface area contributed by atoms with Gasteiger partial charge in [-0.25, -0.2) is 4.39 Å². The van der Waals surface area contributed by atoms with E-state index in [9.17, 15) is 19.1 Å². The highest BCUT2D eigenvalue weighted by molar-refractivity contribution is 6.51. The Bertz CT molecular complexity index is 1280. The third-order valence-corrected chi connectivity index (χ3v) is 5.99. The third-order valence-electron chi connectivity index (χ3n) is 5.43. The average molecular weight is 486 g/mol. The molecule has 1 heterocycles. The Hall–Kier alpha value is -3.35. The summed E-state index contributed by atoms with van der Waals surface area (Å²) in [4.78, 5) is 27.4. The van der Waals surface area contributed by atoms with Crippen molar-refractivity contribution in [2.24, 2.45) is 0 Å². The van der Waals surface area contributed by atoms with Gasteiger partial charge in [-0.15, -0.1) is 0 Å². The number of ether oxygens (including phenoxy) is 1. The van der Waals surface area contributed by atoms with Crippen LogP contribution in [0.15, 0.2) is 66.2 Å². The molecular formula is C25H18Cl2FNO4. The molecule has 8 heteroatoms. The number of carbonyl (C=O) groups excluding carboxylic acids is 2. The number of aliphatic hydroxyl groups is 1. The second kappa shape index (κ2) is 8.89. The first-order valence-corrected chi connectivity index (χ1v) is 10.7. The lowest BCUT2D eigenvalue weighted by Crippen LogP contribution is -2.29. The van der Waals surface area contributed by atoms with E-state index >= 15 is 0 Å². The van der Waals surface area contributed by atoms with Crippen molar-refractivity contribution in [1.29, 1.82) is 0 Å². The van der Waals surface area contributed by atoms with Gasteiger partial charge in [-0.05, 0) is 37.3 Å². The molecule has 1 fully saturated rings. The number of ketones is 1. The van der Waals surface area contributed by atoms with E-state index in [0.717, 1.165) is 5.56 Å². The zero-order chi connectivity index (χ0) is 23.9. The fourth-order valence-corrected chi connectivity index (χ4v) is 4.48. The first-order valence-electron chi connectivity index (χ1n) is 9.90. The lowest BCUT2D eigenvalue weighted by molar-refractivity contribution is -0.132. The van der Waals surface area contributed by atoms with Crippen molar-refractivity contribution in [3.05, 3.63) is 98.8 Å². The molecule has 3 aromatic rings. The van der Waals surface area contributed by atoms with Crippen LogP contribution in [-0.2, 0) is 9.59 Å². The Labute approximate surface area is 199 Å². The molecule has 1 N–H and O–H groups in total. The molecule has 0 aromatic heterocycles. The number of carbonyl (C=O) groups is 2. The van der Waals surface area contributed by atoms with Crippen molar-refractivity contribution < 1.29 is 23.8 Å². The maximum absolute atomic E-state index is 14.9. The molecule has 33 heavy (non-hydrogen) atoms. The lowest BCUT2D eigenvalue weighted by atomic mass is 9.94. The lowest BCUT2D eigenvalue weighted by Gasteiger charge is -2.26. The molecule has 0 saturated carbocycles. The van der Waals surface area contributed by atoms with Gasteiger partial charge in [-0.2, -0.15) is 0 Å². The van der Waals surface area contributed by atoms with Gasteiger partial charge in [0.1, 0.15) is 11.6 Å². The summed E-state index contributed by atoms with van der Waals surface area (Å²) in [5.41, 5.74) is 1.21. The van der Waals surface area contributed by atoms with E-state index in [4.69, 9.17) is 27.9 Å². The highest BCUT2D eigenvalue weighted by Crippen LogP contribution is 2.44. The minimum atomic E-state index is -1.20. The number of aliphatic hydroxyl groups excluding tert-OH is 1. The second-order valence-electron chi connectivity index (χ2n) is 7.50. The molecule has 0 aliphatic carbocycles. The zero-order valence-corrected chi connectivity index (χ0v) is 19.1. The first kappa shape index (κ1) is 22.8. The average Bonchev–Trinajstić information content (AvgIpc) is 3.04. The molecule has 1 amide bonds. The van der Waals surface area contributed by atoms with Gasteiger partial charge < -0.3 is 9.84 Å². The molecule has 1 atom stereocenters. The van der Waals surface area contributed by atoms with Crippen molar-refractivity contribution in [3.63, 3.8) is 0 Å². The fourth-order valence-electron chi connectivity index (χ4n) is 3.84. The van der Waals surface area contributed by atoms with Crippen LogP contribution in [0.1, 0.15) is 22.7 Å². The van der Waals surface area contributed by atoms with Crippen LogP contribution in [0.2, 0.25) is 10.0 Å². The first-order chi connectivity index (χ1) is 15.7. The highest BCUT2D eigenvalue weighted by Gasteiger charge is 2.47. The van der Waals surface area contributed by atoms with Gasteiger partial charge in [-0.3, -0.25) is 14.5 Å². The number of hydrogen-bond acceptors (Lipinski definition) is 4. The van der Waals surface area contributed by atoms with Gasteiger partial charge in [0.15, 0.2) is 5.75 Å². The molecular weight excluding hydrogens is 468 g/mol. The molecule has 0 radical (unpaired) electrons. The summed E-state index contributed by atoms with van der Waals surface area (Å²) < 4.78 is 20.0. The number of Topliss-reactive ketones (excluding diaryl/α,β-unsaturated/α-hetero) is 1. The minimum absolute atomic E-state index is 0.0598. The van der Waals surface area contributed by atoms with E-state index < -0.39 is 29.3 Å². The summed E-state index contributed by atoms with van der Waals surface area (Å²) in [6.07, 6.45) is 0. The second-order valence-corrected chi connectivity index (χ2v) is 8.31. The van der Waals surface area contributed by atoms with Gasteiger partial charge >= 0.3 is 0 Å². The quantitative estimate of drug-likeness (QED) is 0.276. The summed E-state index contributed by atoms with van der Waals surface area (Å²) in [6.45, 7) is 1.88. The van der Waals surface area contributed by atoms with Crippen LogP contribution in [-0.4, -0.2) is 23.9 Å². The highest BCUT2D eigenvalue weighted by atomic mass is 35.5. The molecule has 4 rings (SSSR count). The molecule has 1 unspecified atom stereocenters. The summed E-state index contributed by atoms with van der Waals surface area (Å²) in [6, 6.07) is 14.2. The molecule has 1 aliphatic rings. The normalized spacial score (nSPS) is 17.5. The van der Waals surface area contributed by atoms with Gasteiger partial charge in [0.2, 0.25) is 0 Å². The van der Waals surface area contributed by atoms with Gasteiger partial charge in [-0.1, -0.05) is 59.1 Å². The molecule has 1 saturated heterocycles. The number of rotatable bonds is 4. The number of nitrogens with zero attached hydrogens (tertiary/aromatic N) is 1.